The first kappa shape index (κ1) is 20.1. The second-order valence-corrected chi connectivity index (χ2v) is 8.45. The Balaban J connectivity index is 1.16. The van der Waals surface area contributed by atoms with Gasteiger partial charge in [-0.05, 0) is 35.4 Å². The SMILES string of the molecule is O=C(c1ccc(Cn2cnc3ccccc32)cc1)c1ccc(Cn2cnc3ccccc32)cc1. The van der Waals surface area contributed by atoms with Gasteiger partial charge in [-0.15, -0.1) is 0 Å². The molecule has 2 heterocycles. The molecule has 0 atom stereocenters. The van der Waals surface area contributed by atoms with Gasteiger partial charge in [-0.1, -0.05) is 72.8 Å². The van der Waals surface area contributed by atoms with Crippen LogP contribution in [0.2, 0.25) is 0 Å². The van der Waals surface area contributed by atoms with Crippen molar-refractivity contribution in [1.82, 2.24) is 19.1 Å². The van der Waals surface area contributed by atoms with Crippen molar-refractivity contribution in [3.05, 3.63) is 132 Å². The highest BCUT2D eigenvalue weighted by atomic mass is 16.1. The average molecular weight is 443 g/mol. The molecular weight excluding hydrogens is 420 g/mol. The molecule has 0 aliphatic carbocycles. The van der Waals surface area contributed by atoms with E-state index in [1.165, 1.54) is 0 Å². The van der Waals surface area contributed by atoms with Crippen LogP contribution in [0.15, 0.2) is 110 Å². The molecule has 2 aromatic heterocycles. The third-order valence-corrected chi connectivity index (χ3v) is 6.19. The van der Waals surface area contributed by atoms with Crippen molar-refractivity contribution in [2.24, 2.45) is 0 Å². The molecule has 0 bridgehead atoms. The van der Waals surface area contributed by atoms with Crippen LogP contribution in [0.5, 0.6) is 0 Å². The Morgan fingerprint density at radius 1 is 0.559 bits per heavy atom. The first-order chi connectivity index (χ1) is 16.7. The molecular formula is C29H22N4O. The van der Waals surface area contributed by atoms with Crippen LogP contribution in [0.3, 0.4) is 0 Å². The summed E-state index contributed by atoms with van der Waals surface area (Å²) in [6.07, 6.45) is 3.72. The summed E-state index contributed by atoms with van der Waals surface area (Å²) in [5.41, 5.74) is 7.81. The minimum Gasteiger partial charge on any atom is -0.326 e. The first-order valence-electron chi connectivity index (χ1n) is 11.3. The third-order valence-electron chi connectivity index (χ3n) is 6.19. The van der Waals surface area contributed by atoms with Gasteiger partial charge in [0.25, 0.3) is 0 Å². The summed E-state index contributed by atoms with van der Waals surface area (Å²) in [5, 5.41) is 0. The standard InChI is InChI=1S/C29H22N4O/c34-29(23-13-9-21(10-14-23)17-32-19-30-25-5-1-3-7-27(25)32)24-15-11-22(12-16-24)18-33-20-31-26-6-2-4-8-28(26)33/h1-16,19-20H,17-18H2. The minimum atomic E-state index is 0.0271. The number of nitrogens with zero attached hydrogens (tertiary/aromatic N) is 4. The van der Waals surface area contributed by atoms with Gasteiger partial charge in [-0.3, -0.25) is 4.79 Å². The maximum Gasteiger partial charge on any atom is 0.193 e. The van der Waals surface area contributed by atoms with E-state index < -0.39 is 0 Å². The molecule has 0 N–H and O–H groups in total. The van der Waals surface area contributed by atoms with Crippen LogP contribution in [-0.2, 0) is 13.1 Å². The summed E-state index contributed by atoms with van der Waals surface area (Å²) < 4.78 is 4.24. The number of rotatable bonds is 6. The summed E-state index contributed by atoms with van der Waals surface area (Å²) in [7, 11) is 0. The van der Waals surface area contributed by atoms with Crippen LogP contribution in [0.25, 0.3) is 22.1 Å². The topological polar surface area (TPSA) is 52.7 Å². The maximum absolute atomic E-state index is 13.0. The van der Waals surface area contributed by atoms with Crippen LogP contribution in [-0.4, -0.2) is 24.9 Å². The van der Waals surface area contributed by atoms with Gasteiger partial charge in [0.1, 0.15) is 0 Å². The number of ketones is 1. The largest absolute Gasteiger partial charge is 0.326 e. The van der Waals surface area contributed by atoms with Gasteiger partial charge in [0.15, 0.2) is 5.78 Å². The second kappa shape index (κ2) is 8.45. The van der Waals surface area contributed by atoms with Crippen molar-refractivity contribution in [2.75, 3.05) is 0 Å². The fourth-order valence-corrected chi connectivity index (χ4v) is 4.36. The van der Waals surface area contributed by atoms with E-state index in [9.17, 15) is 4.79 Å². The number of hydrogen-bond donors (Lipinski definition) is 0. The molecule has 0 saturated heterocycles. The van der Waals surface area contributed by atoms with Gasteiger partial charge in [-0.2, -0.15) is 0 Å². The second-order valence-electron chi connectivity index (χ2n) is 8.45. The molecule has 4 aromatic carbocycles. The number of imidazole rings is 2. The predicted molar refractivity (Wildman–Crippen MR) is 134 cm³/mol. The number of benzene rings is 4. The van der Waals surface area contributed by atoms with E-state index in [4.69, 9.17) is 0 Å². The van der Waals surface area contributed by atoms with Crippen molar-refractivity contribution in [3.63, 3.8) is 0 Å². The Morgan fingerprint density at radius 2 is 0.971 bits per heavy atom. The van der Waals surface area contributed by atoms with Crippen LogP contribution in [0.4, 0.5) is 0 Å². The van der Waals surface area contributed by atoms with Crippen molar-refractivity contribution >= 4 is 27.9 Å². The van der Waals surface area contributed by atoms with Gasteiger partial charge in [0.2, 0.25) is 0 Å². The first-order valence-corrected chi connectivity index (χ1v) is 11.3. The Morgan fingerprint density at radius 3 is 1.41 bits per heavy atom. The van der Waals surface area contributed by atoms with E-state index in [2.05, 4.69) is 31.2 Å². The number of carbonyl (C=O) groups is 1. The van der Waals surface area contributed by atoms with Crippen molar-refractivity contribution in [2.45, 2.75) is 13.1 Å². The Kier molecular flexibility index (Phi) is 5.00. The highest BCUT2D eigenvalue weighted by Gasteiger charge is 2.10. The zero-order chi connectivity index (χ0) is 22.9. The normalized spacial score (nSPS) is 11.3. The molecule has 0 radical (unpaired) electrons. The Labute approximate surface area is 196 Å². The third kappa shape index (κ3) is 3.77. The molecule has 6 aromatic rings. The fraction of sp³-hybridized carbons (Fsp3) is 0.0690. The van der Waals surface area contributed by atoms with Gasteiger partial charge in [0.05, 0.1) is 34.7 Å². The quantitative estimate of drug-likeness (QED) is 0.310. The molecule has 0 amide bonds. The van der Waals surface area contributed by atoms with Gasteiger partial charge in [-0.25, -0.2) is 9.97 Å². The number of carbonyl (C=O) groups excluding carboxylic acids is 1. The number of fused-ring (bicyclic) bond motifs is 2. The Hall–Kier alpha value is -4.51. The van der Waals surface area contributed by atoms with E-state index in [1.54, 1.807) is 0 Å². The predicted octanol–water partition coefficient (Wildman–Crippen LogP) is 5.71. The van der Waals surface area contributed by atoms with E-state index in [0.29, 0.717) is 24.2 Å². The molecule has 0 fully saturated rings. The molecule has 0 aliphatic rings. The number of para-hydroxylation sites is 4. The van der Waals surface area contributed by atoms with Gasteiger partial charge in [0, 0.05) is 24.2 Å². The lowest BCUT2D eigenvalue weighted by Gasteiger charge is -2.08. The summed E-state index contributed by atoms with van der Waals surface area (Å²) in [6.45, 7) is 1.43. The van der Waals surface area contributed by atoms with Crippen LogP contribution in [0, 0.1) is 0 Å². The summed E-state index contributed by atoms with van der Waals surface area (Å²) in [4.78, 5) is 21.9. The lowest BCUT2D eigenvalue weighted by atomic mass is 10.0. The van der Waals surface area contributed by atoms with Crippen LogP contribution in [0.1, 0.15) is 27.0 Å². The molecule has 5 heteroatoms. The molecule has 0 unspecified atom stereocenters. The maximum atomic E-state index is 13.0. The zero-order valence-electron chi connectivity index (χ0n) is 18.5. The minimum absolute atomic E-state index is 0.0271. The smallest absolute Gasteiger partial charge is 0.193 e. The van der Waals surface area contributed by atoms with E-state index >= 15 is 0 Å². The van der Waals surface area contributed by atoms with Gasteiger partial charge < -0.3 is 9.13 Å². The lowest BCUT2D eigenvalue weighted by Crippen LogP contribution is -2.04. The molecule has 6 rings (SSSR count). The number of hydrogen-bond acceptors (Lipinski definition) is 3. The number of aromatic nitrogens is 4. The zero-order valence-corrected chi connectivity index (χ0v) is 18.5. The van der Waals surface area contributed by atoms with E-state index in [1.807, 2.05) is 97.6 Å². The summed E-state index contributed by atoms with van der Waals surface area (Å²) in [5.74, 6) is 0.0271. The highest BCUT2D eigenvalue weighted by molar-refractivity contribution is 6.09. The highest BCUT2D eigenvalue weighted by Crippen LogP contribution is 2.18. The van der Waals surface area contributed by atoms with Crippen molar-refractivity contribution in [3.8, 4) is 0 Å². The summed E-state index contributed by atoms with van der Waals surface area (Å²) in [6, 6.07) is 31.9. The summed E-state index contributed by atoms with van der Waals surface area (Å²) >= 11 is 0. The molecule has 0 saturated carbocycles. The van der Waals surface area contributed by atoms with E-state index in [0.717, 1.165) is 33.2 Å². The molecule has 0 spiro atoms. The van der Waals surface area contributed by atoms with Crippen LogP contribution >= 0.6 is 0 Å². The fourth-order valence-electron chi connectivity index (χ4n) is 4.36. The molecule has 5 nitrogen and oxygen atoms in total. The lowest BCUT2D eigenvalue weighted by molar-refractivity contribution is 0.103. The van der Waals surface area contributed by atoms with Crippen molar-refractivity contribution < 1.29 is 4.79 Å². The van der Waals surface area contributed by atoms with E-state index in [-0.39, 0.29) is 5.78 Å². The van der Waals surface area contributed by atoms with Crippen molar-refractivity contribution in [1.29, 1.82) is 0 Å². The van der Waals surface area contributed by atoms with Crippen LogP contribution < -0.4 is 0 Å². The van der Waals surface area contributed by atoms with Gasteiger partial charge >= 0.3 is 0 Å². The molecule has 34 heavy (non-hydrogen) atoms. The monoisotopic (exact) mass is 442 g/mol. The average Bonchev–Trinajstić information content (AvgIpc) is 3.49. The Bertz CT molecular complexity index is 1490. The molecule has 164 valence electrons. The molecule has 0 aliphatic heterocycles.